The lowest BCUT2D eigenvalue weighted by molar-refractivity contribution is -0.230. The molecular formula is C15H27ClN2O2. The van der Waals surface area contributed by atoms with Crippen LogP contribution in [0.25, 0.3) is 0 Å². The normalized spacial score (nSPS) is 38.8. The van der Waals surface area contributed by atoms with Crippen molar-refractivity contribution in [2.45, 2.75) is 63.6 Å². The molecule has 0 aromatic carbocycles. The van der Waals surface area contributed by atoms with Crippen molar-refractivity contribution in [3.8, 4) is 0 Å². The van der Waals surface area contributed by atoms with Crippen LogP contribution in [0.4, 0.5) is 0 Å². The molecule has 3 rings (SSSR count). The van der Waals surface area contributed by atoms with Crippen LogP contribution < -0.4 is 5.73 Å². The summed E-state index contributed by atoms with van der Waals surface area (Å²) in [6.07, 6.45) is 5.70. The van der Waals surface area contributed by atoms with Crippen molar-refractivity contribution in [2.75, 3.05) is 13.7 Å². The zero-order valence-electron chi connectivity index (χ0n) is 12.7. The van der Waals surface area contributed by atoms with Gasteiger partial charge in [-0.1, -0.05) is 13.8 Å². The highest BCUT2D eigenvalue weighted by molar-refractivity contribution is 5.89. The van der Waals surface area contributed by atoms with Gasteiger partial charge in [-0.2, -0.15) is 0 Å². The summed E-state index contributed by atoms with van der Waals surface area (Å²) in [6.45, 7) is 4.99. The number of amides is 1. The SMILES string of the molecule is CN(C(=O)C1(N)C2CCCOC2C1(C)C)C1CCC1.Cl. The van der Waals surface area contributed by atoms with Crippen molar-refractivity contribution in [3.63, 3.8) is 0 Å². The number of carbonyl (C=O) groups excluding carboxylic acids is 1. The molecule has 116 valence electrons. The second-order valence-electron chi connectivity index (χ2n) is 7.13. The molecule has 0 spiro atoms. The molecule has 2 N–H and O–H groups in total. The Hall–Kier alpha value is -0.320. The smallest absolute Gasteiger partial charge is 0.243 e. The van der Waals surface area contributed by atoms with Crippen LogP contribution in [0.3, 0.4) is 0 Å². The number of fused-ring (bicyclic) bond motifs is 1. The third kappa shape index (κ3) is 1.84. The minimum absolute atomic E-state index is 0. The van der Waals surface area contributed by atoms with Gasteiger partial charge in [0.25, 0.3) is 0 Å². The zero-order chi connectivity index (χ0) is 13.8. The van der Waals surface area contributed by atoms with Gasteiger partial charge in [0, 0.05) is 31.0 Å². The maximum absolute atomic E-state index is 12.9. The van der Waals surface area contributed by atoms with Gasteiger partial charge in [-0.05, 0) is 32.1 Å². The summed E-state index contributed by atoms with van der Waals surface area (Å²) in [5.74, 6) is 0.334. The molecular weight excluding hydrogens is 276 g/mol. The van der Waals surface area contributed by atoms with Crippen molar-refractivity contribution in [2.24, 2.45) is 17.1 Å². The van der Waals surface area contributed by atoms with Crippen LogP contribution in [0.1, 0.15) is 46.0 Å². The van der Waals surface area contributed by atoms with Gasteiger partial charge in [-0.15, -0.1) is 12.4 Å². The number of halogens is 1. The lowest BCUT2D eigenvalue weighted by Crippen LogP contribution is -2.82. The molecule has 0 radical (unpaired) electrons. The quantitative estimate of drug-likeness (QED) is 0.848. The Labute approximate surface area is 127 Å². The monoisotopic (exact) mass is 302 g/mol. The maximum atomic E-state index is 12.9. The van der Waals surface area contributed by atoms with E-state index in [-0.39, 0.29) is 35.8 Å². The highest BCUT2D eigenvalue weighted by atomic mass is 35.5. The summed E-state index contributed by atoms with van der Waals surface area (Å²) in [5, 5.41) is 0. The second kappa shape index (κ2) is 5.15. The molecule has 3 atom stereocenters. The standard InChI is InChI=1S/C15H26N2O2.ClH/c1-14(2)12-11(8-5-9-19-12)15(14,16)13(18)17(3)10-6-4-7-10;/h10-12H,4-9,16H2,1-3H3;1H. The van der Waals surface area contributed by atoms with Crippen molar-refractivity contribution in [1.29, 1.82) is 0 Å². The van der Waals surface area contributed by atoms with Gasteiger partial charge < -0.3 is 15.4 Å². The molecule has 3 fully saturated rings. The topological polar surface area (TPSA) is 55.6 Å². The highest BCUT2D eigenvalue weighted by Crippen LogP contribution is 2.58. The Bertz CT molecular complexity index is 397. The number of ether oxygens (including phenoxy) is 1. The van der Waals surface area contributed by atoms with E-state index in [0.29, 0.717) is 6.04 Å². The van der Waals surface area contributed by atoms with Crippen LogP contribution in [-0.4, -0.2) is 42.1 Å². The van der Waals surface area contributed by atoms with E-state index >= 15 is 0 Å². The molecule has 20 heavy (non-hydrogen) atoms. The van der Waals surface area contributed by atoms with E-state index in [1.807, 2.05) is 11.9 Å². The second-order valence-corrected chi connectivity index (χ2v) is 7.13. The van der Waals surface area contributed by atoms with Gasteiger partial charge >= 0.3 is 0 Å². The molecule has 3 aliphatic rings. The van der Waals surface area contributed by atoms with Gasteiger partial charge in [0.1, 0.15) is 5.54 Å². The fourth-order valence-electron chi connectivity index (χ4n) is 4.24. The van der Waals surface area contributed by atoms with Crippen LogP contribution in [0.5, 0.6) is 0 Å². The van der Waals surface area contributed by atoms with E-state index in [9.17, 15) is 4.79 Å². The first-order valence-electron chi connectivity index (χ1n) is 7.58. The molecule has 0 aromatic rings. The molecule has 5 heteroatoms. The van der Waals surface area contributed by atoms with Gasteiger partial charge in [0.05, 0.1) is 6.10 Å². The average molecular weight is 303 g/mol. The third-order valence-corrected chi connectivity index (χ3v) is 5.98. The molecule has 1 aliphatic heterocycles. The highest BCUT2D eigenvalue weighted by Gasteiger charge is 2.70. The first-order valence-corrected chi connectivity index (χ1v) is 7.58. The summed E-state index contributed by atoms with van der Waals surface area (Å²) >= 11 is 0. The van der Waals surface area contributed by atoms with Crippen molar-refractivity contribution >= 4 is 18.3 Å². The number of carbonyl (C=O) groups is 1. The molecule has 0 aromatic heterocycles. The fourth-order valence-corrected chi connectivity index (χ4v) is 4.24. The molecule has 1 amide bonds. The predicted octanol–water partition coefficient (Wildman–Crippen LogP) is 1.95. The van der Waals surface area contributed by atoms with Gasteiger partial charge in [0.2, 0.25) is 5.91 Å². The minimum Gasteiger partial charge on any atom is -0.377 e. The number of rotatable bonds is 2. The van der Waals surface area contributed by atoms with Crippen LogP contribution in [0.15, 0.2) is 0 Å². The zero-order valence-corrected chi connectivity index (χ0v) is 13.5. The summed E-state index contributed by atoms with van der Waals surface area (Å²) in [7, 11) is 1.92. The third-order valence-electron chi connectivity index (χ3n) is 5.98. The van der Waals surface area contributed by atoms with Crippen LogP contribution in [0, 0.1) is 11.3 Å². The largest absolute Gasteiger partial charge is 0.377 e. The molecule has 4 nitrogen and oxygen atoms in total. The fraction of sp³-hybridized carbons (Fsp3) is 0.933. The Morgan fingerprint density at radius 3 is 2.45 bits per heavy atom. The first-order chi connectivity index (χ1) is 8.90. The van der Waals surface area contributed by atoms with E-state index in [1.54, 1.807) is 0 Å². The van der Waals surface area contributed by atoms with E-state index in [0.717, 1.165) is 32.3 Å². The number of nitrogens with two attached hydrogens (primary N) is 1. The number of likely N-dealkylation sites (N-methyl/N-ethyl adjacent to an activating group) is 1. The van der Waals surface area contributed by atoms with Crippen molar-refractivity contribution < 1.29 is 9.53 Å². The van der Waals surface area contributed by atoms with E-state index in [4.69, 9.17) is 10.5 Å². The lowest BCUT2D eigenvalue weighted by atomic mass is 9.46. The molecule has 0 bridgehead atoms. The Morgan fingerprint density at radius 1 is 1.25 bits per heavy atom. The molecule has 1 heterocycles. The molecule has 2 aliphatic carbocycles. The summed E-state index contributed by atoms with van der Waals surface area (Å²) < 4.78 is 5.87. The molecule has 2 saturated carbocycles. The van der Waals surface area contributed by atoms with Crippen molar-refractivity contribution in [1.82, 2.24) is 4.90 Å². The summed E-state index contributed by atoms with van der Waals surface area (Å²) in [4.78, 5) is 14.8. The first kappa shape index (κ1) is 16.1. The average Bonchev–Trinajstić information content (AvgIpc) is 2.34. The van der Waals surface area contributed by atoms with E-state index in [1.165, 1.54) is 6.42 Å². The van der Waals surface area contributed by atoms with E-state index in [2.05, 4.69) is 13.8 Å². The van der Waals surface area contributed by atoms with Gasteiger partial charge in [0.15, 0.2) is 0 Å². The number of hydrogen-bond donors (Lipinski definition) is 1. The van der Waals surface area contributed by atoms with Crippen LogP contribution >= 0.6 is 12.4 Å². The van der Waals surface area contributed by atoms with Crippen LogP contribution in [-0.2, 0) is 9.53 Å². The molecule has 3 unspecified atom stereocenters. The van der Waals surface area contributed by atoms with Gasteiger partial charge in [-0.25, -0.2) is 0 Å². The number of hydrogen-bond acceptors (Lipinski definition) is 3. The van der Waals surface area contributed by atoms with Gasteiger partial charge in [-0.3, -0.25) is 4.79 Å². The number of nitrogens with zero attached hydrogens (tertiary/aromatic N) is 1. The Balaban J connectivity index is 0.00000147. The Morgan fingerprint density at radius 2 is 1.90 bits per heavy atom. The summed E-state index contributed by atoms with van der Waals surface area (Å²) in [6, 6.07) is 0.410. The lowest BCUT2D eigenvalue weighted by Gasteiger charge is -2.66. The molecule has 1 saturated heterocycles. The Kier molecular flexibility index (Phi) is 4.13. The summed E-state index contributed by atoms with van der Waals surface area (Å²) in [5.41, 5.74) is 5.63. The predicted molar refractivity (Wildman–Crippen MR) is 80.8 cm³/mol. The minimum atomic E-state index is -0.734. The van der Waals surface area contributed by atoms with E-state index < -0.39 is 5.54 Å². The maximum Gasteiger partial charge on any atom is 0.243 e. The van der Waals surface area contributed by atoms with Crippen molar-refractivity contribution in [3.05, 3.63) is 0 Å². The van der Waals surface area contributed by atoms with Crippen LogP contribution in [0.2, 0.25) is 0 Å².